The van der Waals surface area contributed by atoms with E-state index in [-0.39, 0.29) is 0 Å². The maximum absolute atomic E-state index is 8.99. The summed E-state index contributed by atoms with van der Waals surface area (Å²) in [6.07, 6.45) is 1.85. The van der Waals surface area contributed by atoms with Crippen LogP contribution in [-0.4, -0.2) is 12.1 Å². The summed E-state index contributed by atoms with van der Waals surface area (Å²) >= 11 is 1.63. The number of rotatable bonds is 5. The van der Waals surface area contributed by atoms with Crippen molar-refractivity contribution in [1.29, 1.82) is 5.26 Å². The molecule has 0 aliphatic heterocycles. The van der Waals surface area contributed by atoms with Crippen LogP contribution in [0.1, 0.15) is 16.0 Å². The van der Waals surface area contributed by atoms with Crippen molar-refractivity contribution < 1.29 is 4.74 Å². The summed E-state index contributed by atoms with van der Waals surface area (Å²) in [5.74, 6) is 0.615. The first-order chi connectivity index (χ1) is 8.83. The molecule has 0 aliphatic rings. The lowest BCUT2D eigenvalue weighted by molar-refractivity contribution is 0.413. The zero-order valence-electron chi connectivity index (χ0n) is 10.0. The van der Waals surface area contributed by atoms with E-state index in [9.17, 15) is 0 Å². The van der Waals surface area contributed by atoms with E-state index < -0.39 is 0 Å². The molecule has 0 saturated heterocycles. The van der Waals surface area contributed by atoms with Crippen molar-refractivity contribution in [2.24, 2.45) is 0 Å². The Balaban J connectivity index is 1.96. The number of thiazole rings is 1. The molecule has 92 valence electrons. The number of aromatic nitrogens is 1. The molecule has 0 bridgehead atoms. The molecule has 0 spiro atoms. The Hall–Kier alpha value is -1.90. The van der Waals surface area contributed by atoms with Crippen LogP contribution >= 0.6 is 11.3 Å². The SMILES string of the molecule is COc1ccc(CNCc2cncs2)cc1C#N. The first-order valence-electron chi connectivity index (χ1n) is 5.48. The van der Waals surface area contributed by atoms with Crippen LogP contribution in [-0.2, 0) is 13.1 Å². The van der Waals surface area contributed by atoms with E-state index in [1.807, 2.05) is 29.9 Å². The van der Waals surface area contributed by atoms with Crippen molar-refractivity contribution in [1.82, 2.24) is 10.3 Å². The molecule has 0 amide bonds. The second-order valence-corrected chi connectivity index (χ2v) is 4.69. The van der Waals surface area contributed by atoms with Crippen molar-refractivity contribution in [2.75, 3.05) is 7.11 Å². The predicted octanol–water partition coefficient (Wildman–Crippen LogP) is 2.31. The average Bonchev–Trinajstić information content (AvgIpc) is 2.91. The molecule has 18 heavy (non-hydrogen) atoms. The minimum atomic E-state index is 0.564. The third-order valence-corrected chi connectivity index (χ3v) is 3.28. The fraction of sp³-hybridized carbons (Fsp3) is 0.231. The number of ether oxygens (including phenoxy) is 1. The first-order valence-corrected chi connectivity index (χ1v) is 6.36. The zero-order valence-corrected chi connectivity index (χ0v) is 10.8. The molecule has 1 N–H and O–H groups in total. The lowest BCUT2D eigenvalue weighted by Crippen LogP contribution is -2.11. The highest BCUT2D eigenvalue weighted by Gasteiger charge is 2.03. The van der Waals surface area contributed by atoms with Crippen molar-refractivity contribution >= 4 is 11.3 Å². The van der Waals surface area contributed by atoms with E-state index in [2.05, 4.69) is 16.4 Å². The Labute approximate surface area is 110 Å². The molecule has 1 aromatic heterocycles. The van der Waals surface area contributed by atoms with Crippen molar-refractivity contribution in [3.63, 3.8) is 0 Å². The van der Waals surface area contributed by atoms with Gasteiger partial charge < -0.3 is 10.1 Å². The number of benzene rings is 1. The highest BCUT2D eigenvalue weighted by atomic mass is 32.1. The Morgan fingerprint density at radius 3 is 3.00 bits per heavy atom. The largest absolute Gasteiger partial charge is 0.495 e. The fourth-order valence-corrected chi connectivity index (χ4v) is 2.18. The number of nitriles is 1. The summed E-state index contributed by atoms with van der Waals surface area (Å²) in [5, 5.41) is 12.3. The topological polar surface area (TPSA) is 57.9 Å². The van der Waals surface area contributed by atoms with Crippen LogP contribution < -0.4 is 10.1 Å². The van der Waals surface area contributed by atoms with E-state index in [0.717, 1.165) is 18.7 Å². The van der Waals surface area contributed by atoms with Crippen LogP contribution in [0, 0.1) is 11.3 Å². The van der Waals surface area contributed by atoms with Crippen LogP contribution in [0.15, 0.2) is 29.9 Å². The van der Waals surface area contributed by atoms with Crippen molar-refractivity contribution in [3.05, 3.63) is 45.9 Å². The molecule has 5 heteroatoms. The van der Waals surface area contributed by atoms with E-state index >= 15 is 0 Å². The summed E-state index contributed by atoms with van der Waals surface area (Å²) in [4.78, 5) is 5.21. The molecule has 1 heterocycles. The van der Waals surface area contributed by atoms with Gasteiger partial charge in [-0.1, -0.05) is 6.07 Å². The summed E-state index contributed by atoms with van der Waals surface area (Å²) < 4.78 is 5.11. The molecule has 0 fully saturated rings. The fourth-order valence-electron chi connectivity index (χ4n) is 1.61. The Morgan fingerprint density at radius 2 is 2.33 bits per heavy atom. The second kappa shape index (κ2) is 6.15. The number of nitrogens with one attached hydrogen (secondary N) is 1. The van der Waals surface area contributed by atoms with Crippen LogP contribution in [0.4, 0.5) is 0 Å². The van der Waals surface area contributed by atoms with Gasteiger partial charge in [0.25, 0.3) is 0 Å². The summed E-state index contributed by atoms with van der Waals surface area (Å²) in [5.41, 5.74) is 3.45. The molecule has 1 aromatic carbocycles. The predicted molar refractivity (Wildman–Crippen MR) is 70.4 cm³/mol. The summed E-state index contributed by atoms with van der Waals surface area (Å²) in [7, 11) is 1.57. The van der Waals surface area contributed by atoms with Crippen LogP contribution in [0.25, 0.3) is 0 Å². The molecule has 2 aromatic rings. The zero-order chi connectivity index (χ0) is 12.8. The molecular weight excluding hydrogens is 246 g/mol. The van der Waals surface area contributed by atoms with Crippen molar-refractivity contribution in [2.45, 2.75) is 13.1 Å². The molecule has 0 saturated carbocycles. The maximum Gasteiger partial charge on any atom is 0.136 e. The second-order valence-electron chi connectivity index (χ2n) is 3.72. The number of methoxy groups -OCH3 is 1. The molecular formula is C13H13N3OS. The lowest BCUT2D eigenvalue weighted by atomic mass is 10.1. The van der Waals surface area contributed by atoms with Crippen LogP contribution in [0.2, 0.25) is 0 Å². The average molecular weight is 259 g/mol. The number of hydrogen-bond acceptors (Lipinski definition) is 5. The highest BCUT2D eigenvalue weighted by Crippen LogP contribution is 2.18. The molecule has 4 nitrogen and oxygen atoms in total. The van der Waals surface area contributed by atoms with Gasteiger partial charge in [-0.05, 0) is 17.7 Å². The lowest BCUT2D eigenvalue weighted by Gasteiger charge is -2.06. The van der Waals surface area contributed by atoms with E-state index in [4.69, 9.17) is 10.00 Å². The van der Waals surface area contributed by atoms with Gasteiger partial charge in [0.15, 0.2) is 0 Å². The standard InChI is InChI=1S/C13H13N3OS/c1-17-13-3-2-10(4-11(13)5-14)6-15-7-12-8-16-9-18-12/h2-4,8-9,15H,6-7H2,1H3. The van der Waals surface area contributed by atoms with Crippen molar-refractivity contribution in [3.8, 4) is 11.8 Å². The van der Waals surface area contributed by atoms with Gasteiger partial charge in [0.05, 0.1) is 18.2 Å². The Kier molecular flexibility index (Phi) is 4.29. The summed E-state index contributed by atoms with van der Waals surface area (Å²) in [6.45, 7) is 1.51. The minimum Gasteiger partial charge on any atom is -0.495 e. The van der Waals surface area contributed by atoms with E-state index in [0.29, 0.717) is 11.3 Å². The molecule has 0 unspecified atom stereocenters. The summed E-state index contributed by atoms with van der Waals surface area (Å²) in [6, 6.07) is 7.76. The quantitative estimate of drug-likeness (QED) is 0.895. The highest BCUT2D eigenvalue weighted by molar-refractivity contribution is 7.09. The van der Waals surface area contributed by atoms with Crippen LogP contribution in [0.3, 0.4) is 0 Å². The van der Waals surface area contributed by atoms with E-state index in [1.165, 1.54) is 4.88 Å². The van der Waals surface area contributed by atoms with Gasteiger partial charge in [-0.25, -0.2) is 0 Å². The molecule has 0 radical (unpaired) electrons. The Morgan fingerprint density at radius 1 is 1.44 bits per heavy atom. The monoisotopic (exact) mass is 259 g/mol. The van der Waals surface area contributed by atoms with Gasteiger partial charge in [-0.15, -0.1) is 11.3 Å². The first kappa shape index (κ1) is 12.6. The molecule has 0 aliphatic carbocycles. The normalized spacial score (nSPS) is 10.0. The van der Waals surface area contributed by atoms with Gasteiger partial charge in [-0.2, -0.15) is 5.26 Å². The smallest absolute Gasteiger partial charge is 0.136 e. The minimum absolute atomic E-state index is 0.564. The number of nitrogens with zero attached hydrogens (tertiary/aromatic N) is 2. The van der Waals surface area contributed by atoms with Gasteiger partial charge in [-0.3, -0.25) is 4.98 Å². The Bertz CT molecular complexity index is 546. The third-order valence-electron chi connectivity index (χ3n) is 2.50. The molecule has 0 atom stereocenters. The van der Waals surface area contributed by atoms with Gasteiger partial charge in [0.2, 0.25) is 0 Å². The maximum atomic E-state index is 8.99. The van der Waals surface area contributed by atoms with E-state index in [1.54, 1.807) is 18.4 Å². The molecule has 2 rings (SSSR count). The van der Waals surface area contributed by atoms with Gasteiger partial charge in [0, 0.05) is 24.2 Å². The van der Waals surface area contributed by atoms with Crippen LogP contribution in [0.5, 0.6) is 5.75 Å². The number of hydrogen-bond donors (Lipinski definition) is 1. The third kappa shape index (κ3) is 3.06. The van der Waals surface area contributed by atoms with Gasteiger partial charge in [0.1, 0.15) is 11.8 Å². The van der Waals surface area contributed by atoms with Gasteiger partial charge >= 0.3 is 0 Å².